The van der Waals surface area contributed by atoms with E-state index in [-0.39, 0.29) is 17.5 Å². The summed E-state index contributed by atoms with van der Waals surface area (Å²) in [6.45, 7) is 2.84. The number of methoxy groups -OCH3 is 1. The molecule has 0 aliphatic rings. The van der Waals surface area contributed by atoms with E-state index in [9.17, 15) is 22.7 Å². The summed E-state index contributed by atoms with van der Waals surface area (Å²) >= 11 is 0. The number of hydrogen-bond donors (Lipinski definition) is 2. The normalized spacial score (nSPS) is 15.4. The highest BCUT2D eigenvalue weighted by molar-refractivity contribution is 5.67. The number of hydrogen-bond acceptors (Lipinski definition) is 3. The van der Waals surface area contributed by atoms with E-state index >= 15 is 0 Å². The molecule has 0 amide bonds. The van der Waals surface area contributed by atoms with Crippen LogP contribution >= 0.6 is 0 Å². The predicted molar refractivity (Wildman–Crippen MR) is 70.4 cm³/mol. The Bertz CT molecular complexity index is 528. The second-order valence-electron chi connectivity index (χ2n) is 5.47. The SMILES string of the molecule is COc1ccc(F)cc1C(C)(C)CC(O)(C=N)C(F)(F)F. The third-order valence-electron chi connectivity index (χ3n) is 3.33. The summed E-state index contributed by atoms with van der Waals surface area (Å²) in [6, 6.07) is 3.51. The fourth-order valence-electron chi connectivity index (χ4n) is 2.21. The van der Waals surface area contributed by atoms with Gasteiger partial charge in [-0.25, -0.2) is 4.39 Å². The number of benzene rings is 1. The molecule has 1 unspecified atom stereocenters. The lowest BCUT2D eigenvalue weighted by Crippen LogP contribution is -2.50. The first kappa shape index (κ1) is 17.4. The Morgan fingerprint density at radius 2 is 1.86 bits per heavy atom. The number of nitrogens with one attached hydrogen (secondary N) is 1. The van der Waals surface area contributed by atoms with Crippen molar-refractivity contribution in [1.29, 1.82) is 5.41 Å². The highest BCUT2D eigenvalue weighted by atomic mass is 19.4. The summed E-state index contributed by atoms with van der Waals surface area (Å²) < 4.78 is 57.1. The van der Waals surface area contributed by atoms with Crippen LogP contribution in [0.25, 0.3) is 0 Å². The molecule has 1 rings (SSSR count). The van der Waals surface area contributed by atoms with Gasteiger partial charge in [0.05, 0.1) is 7.11 Å². The van der Waals surface area contributed by atoms with E-state index in [0.29, 0.717) is 0 Å². The topological polar surface area (TPSA) is 53.3 Å². The first-order valence-electron chi connectivity index (χ1n) is 6.11. The molecule has 1 aromatic rings. The molecule has 21 heavy (non-hydrogen) atoms. The Morgan fingerprint density at radius 3 is 2.29 bits per heavy atom. The Labute approximate surface area is 120 Å². The molecule has 2 N–H and O–H groups in total. The summed E-state index contributed by atoms with van der Waals surface area (Å²) in [6.07, 6.45) is -5.86. The van der Waals surface area contributed by atoms with Gasteiger partial charge in [0, 0.05) is 11.8 Å². The first-order chi connectivity index (χ1) is 9.47. The van der Waals surface area contributed by atoms with Gasteiger partial charge in [0.15, 0.2) is 5.60 Å². The molecular formula is C14H17F4NO2. The Kier molecular flexibility index (Phi) is 4.67. The molecule has 0 heterocycles. The molecule has 1 atom stereocenters. The quantitative estimate of drug-likeness (QED) is 0.646. The van der Waals surface area contributed by atoms with Crippen LogP contribution in [0.5, 0.6) is 5.75 Å². The van der Waals surface area contributed by atoms with Crippen LogP contribution in [0.3, 0.4) is 0 Å². The third kappa shape index (κ3) is 3.53. The van der Waals surface area contributed by atoms with Gasteiger partial charge in [-0.1, -0.05) is 13.8 Å². The molecule has 1 aromatic carbocycles. The summed E-state index contributed by atoms with van der Waals surface area (Å²) in [7, 11) is 1.32. The van der Waals surface area contributed by atoms with E-state index in [0.717, 1.165) is 12.1 Å². The lowest BCUT2D eigenvalue weighted by atomic mass is 9.75. The molecule has 0 spiro atoms. The lowest BCUT2D eigenvalue weighted by Gasteiger charge is -2.35. The van der Waals surface area contributed by atoms with Crippen LogP contribution < -0.4 is 4.74 Å². The van der Waals surface area contributed by atoms with Crippen LogP contribution in [-0.4, -0.2) is 30.2 Å². The molecule has 7 heteroatoms. The molecule has 0 aromatic heterocycles. The van der Waals surface area contributed by atoms with Crippen LogP contribution in [-0.2, 0) is 5.41 Å². The molecule has 118 valence electrons. The zero-order valence-corrected chi connectivity index (χ0v) is 11.9. The maximum atomic E-state index is 13.4. The van der Waals surface area contributed by atoms with Gasteiger partial charge in [-0.15, -0.1) is 0 Å². The number of ether oxygens (including phenoxy) is 1. The minimum atomic E-state index is -4.99. The second-order valence-corrected chi connectivity index (χ2v) is 5.47. The van der Waals surface area contributed by atoms with E-state index in [1.54, 1.807) is 0 Å². The lowest BCUT2D eigenvalue weighted by molar-refractivity contribution is -0.234. The molecule has 0 aliphatic heterocycles. The largest absolute Gasteiger partial charge is 0.496 e. The van der Waals surface area contributed by atoms with Crippen molar-refractivity contribution in [3.05, 3.63) is 29.6 Å². The highest BCUT2D eigenvalue weighted by Crippen LogP contribution is 2.42. The van der Waals surface area contributed by atoms with Crippen molar-refractivity contribution < 1.29 is 27.4 Å². The second kappa shape index (κ2) is 5.63. The van der Waals surface area contributed by atoms with Gasteiger partial charge in [0.2, 0.25) is 0 Å². The van der Waals surface area contributed by atoms with Crippen molar-refractivity contribution in [3.8, 4) is 5.75 Å². The van der Waals surface area contributed by atoms with Crippen molar-refractivity contribution in [3.63, 3.8) is 0 Å². The van der Waals surface area contributed by atoms with Crippen LogP contribution in [0.1, 0.15) is 25.8 Å². The Hall–Kier alpha value is -1.63. The molecule has 0 bridgehead atoms. The minimum absolute atomic E-state index is 0.0411. The van der Waals surface area contributed by atoms with Gasteiger partial charge in [0.25, 0.3) is 0 Å². The van der Waals surface area contributed by atoms with Crippen molar-refractivity contribution >= 4 is 6.21 Å². The zero-order chi connectivity index (χ0) is 16.5. The maximum absolute atomic E-state index is 13.4. The fraction of sp³-hybridized carbons (Fsp3) is 0.500. The van der Waals surface area contributed by atoms with Gasteiger partial charge in [-0.05, 0) is 30.0 Å². The first-order valence-corrected chi connectivity index (χ1v) is 6.11. The molecular weight excluding hydrogens is 290 g/mol. The summed E-state index contributed by atoms with van der Waals surface area (Å²) in [5, 5.41) is 16.6. The molecule has 0 radical (unpaired) electrons. The molecule has 0 fully saturated rings. The standard InChI is InChI=1S/C14H17F4NO2/c1-12(2,7-13(20,8-19)14(16,17)18)10-6-9(15)4-5-11(10)21-3/h4-6,8,19-20H,7H2,1-3H3. The number of halogens is 4. The summed E-state index contributed by atoms with van der Waals surface area (Å²) in [4.78, 5) is 0. The third-order valence-corrected chi connectivity index (χ3v) is 3.33. The monoisotopic (exact) mass is 307 g/mol. The zero-order valence-electron chi connectivity index (χ0n) is 11.9. The predicted octanol–water partition coefficient (Wildman–Crippen LogP) is 3.44. The van der Waals surface area contributed by atoms with Crippen molar-refractivity contribution in [2.24, 2.45) is 0 Å². The van der Waals surface area contributed by atoms with E-state index in [2.05, 4.69) is 0 Å². The van der Waals surface area contributed by atoms with Crippen molar-refractivity contribution in [2.75, 3.05) is 7.11 Å². The summed E-state index contributed by atoms with van der Waals surface area (Å²) in [5.74, 6) is -0.403. The molecule has 0 aliphatic carbocycles. The van der Waals surface area contributed by atoms with Crippen molar-refractivity contribution in [2.45, 2.75) is 37.5 Å². The highest BCUT2D eigenvalue weighted by Gasteiger charge is 2.55. The van der Waals surface area contributed by atoms with E-state index in [1.807, 2.05) is 0 Å². The Morgan fingerprint density at radius 1 is 1.29 bits per heavy atom. The van der Waals surface area contributed by atoms with E-state index in [1.165, 1.54) is 27.0 Å². The van der Waals surface area contributed by atoms with Gasteiger partial charge in [-0.3, -0.25) is 0 Å². The van der Waals surface area contributed by atoms with Gasteiger partial charge in [-0.2, -0.15) is 13.2 Å². The van der Waals surface area contributed by atoms with Crippen LogP contribution in [0.4, 0.5) is 17.6 Å². The summed E-state index contributed by atoms with van der Waals surface area (Å²) in [5.41, 5.74) is -4.36. The van der Waals surface area contributed by atoms with Crippen LogP contribution in [0, 0.1) is 11.2 Å². The van der Waals surface area contributed by atoms with Gasteiger partial charge in [0.1, 0.15) is 11.6 Å². The van der Waals surface area contributed by atoms with Crippen molar-refractivity contribution in [1.82, 2.24) is 0 Å². The molecule has 0 saturated carbocycles. The number of aliphatic hydroxyl groups is 1. The molecule has 0 saturated heterocycles. The van der Waals surface area contributed by atoms with Crippen LogP contribution in [0.2, 0.25) is 0 Å². The van der Waals surface area contributed by atoms with E-state index in [4.69, 9.17) is 10.1 Å². The van der Waals surface area contributed by atoms with Gasteiger partial charge < -0.3 is 15.3 Å². The average Bonchev–Trinajstić information content (AvgIpc) is 2.36. The number of alkyl halides is 3. The Balaban J connectivity index is 3.29. The molecule has 3 nitrogen and oxygen atoms in total. The van der Waals surface area contributed by atoms with E-state index < -0.39 is 29.4 Å². The van der Waals surface area contributed by atoms with Crippen LogP contribution in [0.15, 0.2) is 18.2 Å². The average molecular weight is 307 g/mol. The smallest absolute Gasteiger partial charge is 0.422 e. The minimum Gasteiger partial charge on any atom is -0.496 e. The number of rotatable bonds is 5. The fourth-order valence-corrected chi connectivity index (χ4v) is 2.21. The maximum Gasteiger partial charge on any atom is 0.422 e. The van der Waals surface area contributed by atoms with Gasteiger partial charge >= 0.3 is 6.18 Å².